The Bertz CT molecular complexity index is 1380. The average molecular weight is 741 g/mol. The largest absolute Gasteiger partial charge is 3.00 e. The molecule has 0 aliphatic carbocycles. The second kappa shape index (κ2) is 20.8. The molecule has 3 heterocycles. The molecule has 5 nitrogen and oxygen atoms in total. The molecule has 0 fully saturated rings. The number of hydrogen-bond acceptors (Lipinski definition) is 5. The number of nitrogens with zero attached hydrogens (tertiary/aromatic N) is 3. The summed E-state index contributed by atoms with van der Waals surface area (Å²) in [5.41, 5.74) is 4.41. The number of carbonyl (C=O) groups excluding carboxylic acids is 1. The molecule has 0 N–H and O–H groups in total. The molecule has 0 atom stereocenters. The summed E-state index contributed by atoms with van der Waals surface area (Å²) in [6, 6.07) is 48.9. The standard InChI is InChI=1S/2C11H8N.C10H9O2.C5H5N.Ir/c2*1-2-6-10(7-3-1)11-8-4-5-9-12-11;1-8(2)10(11)12-9-6-4-3-5-7-9;1-2-4-6-5-3-1;/h2*1-6,8-9H;4-7H,1H2,2H3;1-5H;/q3*-1;;+3. The summed E-state index contributed by atoms with van der Waals surface area (Å²) in [5.74, 6) is 0.114. The number of esters is 1. The third-order valence-corrected chi connectivity index (χ3v) is 5.11. The quantitative estimate of drug-likeness (QED) is 0.0791. The Balaban J connectivity index is 0.000000204. The van der Waals surface area contributed by atoms with E-state index in [0.717, 1.165) is 22.5 Å². The van der Waals surface area contributed by atoms with Crippen molar-refractivity contribution in [3.8, 4) is 28.3 Å². The second-order valence-corrected chi connectivity index (χ2v) is 8.41. The zero-order chi connectivity index (χ0) is 29.7. The van der Waals surface area contributed by atoms with Gasteiger partial charge in [0.2, 0.25) is 0 Å². The van der Waals surface area contributed by atoms with Crippen molar-refractivity contribution < 1.29 is 29.6 Å². The van der Waals surface area contributed by atoms with E-state index in [9.17, 15) is 4.79 Å². The van der Waals surface area contributed by atoms with Crippen molar-refractivity contribution >= 4 is 5.97 Å². The van der Waals surface area contributed by atoms with Gasteiger partial charge in [-0.2, -0.15) is 18.2 Å². The summed E-state index contributed by atoms with van der Waals surface area (Å²) in [6.45, 7) is 5.08. The molecule has 0 aliphatic heterocycles. The van der Waals surface area contributed by atoms with Gasteiger partial charge >= 0.3 is 26.1 Å². The summed E-state index contributed by atoms with van der Waals surface area (Å²) >= 11 is 0. The van der Waals surface area contributed by atoms with E-state index in [1.165, 1.54) is 0 Å². The number of ether oxygens (including phenoxy) is 1. The third kappa shape index (κ3) is 13.9. The molecule has 0 amide bonds. The molecular weight excluding hydrogens is 711 g/mol. The van der Waals surface area contributed by atoms with Gasteiger partial charge in [0.05, 0.1) is 0 Å². The Morgan fingerprint density at radius 1 is 0.628 bits per heavy atom. The van der Waals surface area contributed by atoms with Crippen LogP contribution in [0.1, 0.15) is 6.92 Å². The Morgan fingerprint density at radius 3 is 1.47 bits per heavy atom. The Morgan fingerprint density at radius 2 is 1.12 bits per heavy atom. The molecule has 0 aliphatic rings. The first kappa shape index (κ1) is 34.2. The van der Waals surface area contributed by atoms with Crippen LogP contribution in [0.25, 0.3) is 22.5 Å². The molecule has 0 bridgehead atoms. The summed E-state index contributed by atoms with van der Waals surface area (Å²) in [4.78, 5) is 23.2. The van der Waals surface area contributed by atoms with Crippen LogP contribution in [0.15, 0.2) is 164 Å². The van der Waals surface area contributed by atoms with E-state index in [4.69, 9.17) is 4.74 Å². The topological polar surface area (TPSA) is 65.0 Å². The van der Waals surface area contributed by atoms with Crippen LogP contribution >= 0.6 is 0 Å². The molecule has 6 heteroatoms. The molecule has 6 aromatic rings. The predicted octanol–water partition coefficient (Wildman–Crippen LogP) is 8.14. The zero-order valence-corrected chi connectivity index (χ0v) is 26.0. The van der Waals surface area contributed by atoms with Crippen LogP contribution < -0.4 is 4.74 Å². The molecule has 0 saturated heterocycles. The fraction of sp³-hybridized carbons (Fsp3) is 0.0270. The van der Waals surface area contributed by atoms with E-state index in [1.807, 2.05) is 103 Å². The minimum Gasteiger partial charge on any atom is -0.450 e. The molecule has 3 aromatic heterocycles. The zero-order valence-electron chi connectivity index (χ0n) is 23.6. The number of benzene rings is 3. The fourth-order valence-electron chi connectivity index (χ4n) is 3.10. The van der Waals surface area contributed by atoms with Gasteiger partial charge in [-0.1, -0.05) is 36.9 Å². The van der Waals surface area contributed by atoms with E-state index in [1.54, 1.807) is 56.0 Å². The third-order valence-electron chi connectivity index (χ3n) is 5.11. The number of carbonyl (C=O) groups is 1. The van der Waals surface area contributed by atoms with E-state index in [2.05, 4.69) is 39.7 Å². The molecule has 6 rings (SSSR count). The first-order chi connectivity index (χ1) is 20.6. The molecule has 0 spiro atoms. The van der Waals surface area contributed by atoms with Crippen LogP contribution in [0.2, 0.25) is 0 Å². The van der Waals surface area contributed by atoms with Crippen LogP contribution in [-0.2, 0) is 24.9 Å². The molecular formula is C37H30IrN3O2. The molecule has 3 aromatic carbocycles. The van der Waals surface area contributed by atoms with Gasteiger partial charge in [-0.15, -0.1) is 83.9 Å². The second-order valence-electron chi connectivity index (χ2n) is 8.41. The van der Waals surface area contributed by atoms with Gasteiger partial charge < -0.3 is 14.7 Å². The first-order valence-corrected chi connectivity index (χ1v) is 13.1. The van der Waals surface area contributed by atoms with Crippen molar-refractivity contribution in [3.63, 3.8) is 0 Å². The SMILES string of the molecule is C=C(C)C(=O)Oc1cc[c-]cc1.[Ir+3].[c-]1ccccc1-c1ccccn1.[c-]1ccccc1-c1ccccn1.c1ccncc1. The first-order valence-electron chi connectivity index (χ1n) is 13.1. The van der Waals surface area contributed by atoms with Crippen LogP contribution in [0.4, 0.5) is 0 Å². The summed E-state index contributed by atoms with van der Waals surface area (Å²) in [5, 5.41) is 0. The monoisotopic (exact) mass is 741 g/mol. The minimum atomic E-state index is -0.402. The summed E-state index contributed by atoms with van der Waals surface area (Å²) in [6.07, 6.45) is 7.08. The summed E-state index contributed by atoms with van der Waals surface area (Å²) < 4.78 is 4.92. The van der Waals surface area contributed by atoms with Crippen LogP contribution in [0.3, 0.4) is 0 Å². The van der Waals surface area contributed by atoms with Gasteiger partial charge in [0.25, 0.3) is 0 Å². The smallest absolute Gasteiger partial charge is 0.450 e. The maximum Gasteiger partial charge on any atom is 3.00 e. The van der Waals surface area contributed by atoms with E-state index < -0.39 is 5.97 Å². The maximum absolute atomic E-state index is 11.0. The van der Waals surface area contributed by atoms with Crippen LogP contribution in [0, 0.1) is 18.2 Å². The van der Waals surface area contributed by atoms with Gasteiger partial charge in [0.1, 0.15) is 0 Å². The molecule has 0 radical (unpaired) electrons. The Kier molecular flexibility index (Phi) is 16.5. The molecule has 0 saturated carbocycles. The molecule has 0 unspecified atom stereocenters. The number of hydrogen-bond donors (Lipinski definition) is 0. The number of aromatic nitrogens is 3. The van der Waals surface area contributed by atoms with E-state index in [-0.39, 0.29) is 20.1 Å². The average Bonchev–Trinajstić information content (AvgIpc) is 3.08. The fourth-order valence-corrected chi connectivity index (χ4v) is 3.10. The predicted molar refractivity (Wildman–Crippen MR) is 167 cm³/mol. The van der Waals surface area contributed by atoms with Crippen molar-refractivity contribution in [2.75, 3.05) is 0 Å². The Hall–Kier alpha value is -5.03. The van der Waals surface area contributed by atoms with Crippen molar-refractivity contribution in [1.29, 1.82) is 0 Å². The van der Waals surface area contributed by atoms with Gasteiger partial charge in [-0.05, 0) is 42.6 Å². The van der Waals surface area contributed by atoms with Crippen molar-refractivity contribution in [2.24, 2.45) is 0 Å². The minimum absolute atomic E-state index is 0. The van der Waals surface area contributed by atoms with Crippen LogP contribution in [0.5, 0.6) is 5.75 Å². The van der Waals surface area contributed by atoms with Crippen LogP contribution in [-0.4, -0.2) is 20.9 Å². The van der Waals surface area contributed by atoms with Gasteiger partial charge in [0, 0.05) is 36.1 Å². The molecule has 214 valence electrons. The van der Waals surface area contributed by atoms with Crippen molar-refractivity contribution in [1.82, 2.24) is 15.0 Å². The summed E-state index contributed by atoms with van der Waals surface area (Å²) in [7, 11) is 0. The van der Waals surface area contributed by atoms with E-state index >= 15 is 0 Å². The van der Waals surface area contributed by atoms with Crippen molar-refractivity contribution in [2.45, 2.75) is 6.92 Å². The maximum atomic E-state index is 11.0. The Labute approximate surface area is 267 Å². The van der Waals surface area contributed by atoms with Gasteiger partial charge in [0.15, 0.2) is 0 Å². The van der Waals surface area contributed by atoms with E-state index in [0.29, 0.717) is 11.3 Å². The van der Waals surface area contributed by atoms with Gasteiger partial charge in [-0.25, -0.2) is 4.79 Å². The normalized spacial score (nSPS) is 9.05. The van der Waals surface area contributed by atoms with Gasteiger partial charge in [-0.3, -0.25) is 4.98 Å². The molecule has 43 heavy (non-hydrogen) atoms. The number of pyridine rings is 3. The number of rotatable bonds is 4. The van der Waals surface area contributed by atoms with Crippen molar-refractivity contribution in [3.05, 3.63) is 183 Å².